The molecule has 0 bridgehead atoms. The number of rotatable bonds is 10. The van der Waals surface area contributed by atoms with Crippen molar-refractivity contribution >= 4 is 40.8 Å². The lowest BCUT2D eigenvalue weighted by atomic mass is 10.4. The van der Waals surface area contributed by atoms with Crippen LogP contribution < -0.4 is 0 Å². The molecule has 0 aromatic heterocycles. The van der Waals surface area contributed by atoms with Crippen molar-refractivity contribution in [1.29, 1.82) is 0 Å². The second-order valence-electron chi connectivity index (χ2n) is 6.42. The van der Waals surface area contributed by atoms with E-state index in [-0.39, 0.29) is 7.16 Å². The molecule has 0 aliphatic heterocycles. The third kappa shape index (κ3) is 11.7. The molecule has 0 aliphatic carbocycles. The zero-order chi connectivity index (χ0) is 15.1. The average Bonchev–Trinajstić information content (AvgIpc) is 2.23. The zero-order valence-corrected chi connectivity index (χ0v) is 18.4. The summed E-state index contributed by atoms with van der Waals surface area (Å²) in [6.45, 7) is 10.3. The summed E-state index contributed by atoms with van der Waals surface area (Å²) < 4.78 is 5.85. The Morgan fingerprint density at radius 1 is 1.16 bits per heavy atom. The standard InChI is InChI=1S/C11H32O3P2Si3/c1-7-8-9-17(14-2)16(11-19(5,6)13)15-10-18(3,4)12/h12-13,15,17H,7-11H2,1-6H3. The van der Waals surface area contributed by atoms with E-state index in [0.29, 0.717) is 0 Å². The molecule has 0 aromatic rings. The van der Waals surface area contributed by atoms with Crippen molar-refractivity contribution in [3.8, 4) is 0 Å². The van der Waals surface area contributed by atoms with Crippen molar-refractivity contribution in [2.24, 2.45) is 0 Å². The molecule has 0 saturated carbocycles. The normalized spacial score (nSPS) is 17.1. The molecule has 3 unspecified atom stereocenters. The fourth-order valence-corrected chi connectivity index (χ4v) is 35.4. The first kappa shape index (κ1) is 20.4. The molecule has 0 aliphatic rings. The Morgan fingerprint density at radius 2 is 1.74 bits per heavy atom. The van der Waals surface area contributed by atoms with Gasteiger partial charge in [-0.1, -0.05) is 35.2 Å². The molecule has 0 heterocycles. The van der Waals surface area contributed by atoms with Crippen LogP contribution in [0.3, 0.4) is 0 Å². The number of hydrogen-bond donors (Lipinski definition) is 2. The molecule has 3 atom stereocenters. The molecule has 19 heavy (non-hydrogen) atoms. The van der Waals surface area contributed by atoms with Gasteiger partial charge < -0.3 is 14.0 Å². The highest BCUT2D eigenvalue weighted by Gasteiger charge is 2.31. The van der Waals surface area contributed by atoms with E-state index in [1.165, 1.54) is 18.9 Å². The van der Waals surface area contributed by atoms with E-state index in [2.05, 4.69) is 6.92 Å². The number of unbranched alkanes of at least 4 members (excludes halogenated alkanes) is 1. The Hall–Kier alpha value is 1.39. The first-order valence-corrected chi connectivity index (χ1v) is 19.9. The minimum Gasteiger partial charge on any atom is -0.432 e. The molecule has 116 valence electrons. The van der Waals surface area contributed by atoms with E-state index < -0.39 is 25.3 Å². The van der Waals surface area contributed by atoms with Gasteiger partial charge >= 0.3 is 0 Å². The molecule has 2 N–H and O–H groups in total. The minimum atomic E-state index is -2.01. The quantitative estimate of drug-likeness (QED) is 0.466. The van der Waals surface area contributed by atoms with Crippen LogP contribution in [-0.4, -0.2) is 53.6 Å². The summed E-state index contributed by atoms with van der Waals surface area (Å²) >= 11 is 0. The van der Waals surface area contributed by atoms with Gasteiger partial charge in [0.05, 0.1) is 0 Å². The summed E-state index contributed by atoms with van der Waals surface area (Å²) in [6, 6.07) is 1.24. The molecule has 0 amide bonds. The van der Waals surface area contributed by atoms with Crippen LogP contribution in [0.4, 0.5) is 0 Å². The van der Waals surface area contributed by atoms with Crippen molar-refractivity contribution in [2.45, 2.75) is 52.0 Å². The van der Waals surface area contributed by atoms with Crippen LogP contribution >= 0.6 is 15.4 Å². The molecule has 0 radical (unpaired) electrons. The lowest BCUT2D eigenvalue weighted by molar-refractivity contribution is 0.433. The highest BCUT2D eigenvalue weighted by atomic mass is 32.2. The van der Waals surface area contributed by atoms with Crippen LogP contribution in [0.15, 0.2) is 0 Å². The third-order valence-electron chi connectivity index (χ3n) is 2.70. The molecular weight excluding hydrogens is 326 g/mol. The smallest absolute Gasteiger partial charge is 0.206 e. The zero-order valence-electron chi connectivity index (χ0n) is 13.4. The Kier molecular flexibility index (Phi) is 10.1. The summed E-state index contributed by atoms with van der Waals surface area (Å²) in [4.78, 5) is 20.3. The SMILES string of the molecule is CCCC[SiH](OC)P(C[Si](C)(C)O)PC[Si](C)(C)O. The van der Waals surface area contributed by atoms with Gasteiger partial charge in [0.15, 0.2) is 16.6 Å². The summed E-state index contributed by atoms with van der Waals surface area (Å²) in [5.74, 6) is 2.00. The van der Waals surface area contributed by atoms with Gasteiger partial charge in [0.2, 0.25) is 8.71 Å². The van der Waals surface area contributed by atoms with Gasteiger partial charge in [0, 0.05) is 7.11 Å². The summed E-state index contributed by atoms with van der Waals surface area (Å²) in [5, 5.41) is 0. The Bertz CT molecular complexity index is 244. The maximum atomic E-state index is 10.3. The van der Waals surface area contributed by atoms with Crippen molar-refractivity contribution in [2.75, 3.05) is 18.7 Å². The maximum Gasteiger partial charge on any atom is 0.206 e. The van der Waals surface area contributed by atoms with E-state index in [1.807, 2.05) is 33.3 Å². The molecule has 0 fully saturated rings. The van der Waals surface area contributed by atoms with Crippen LogP contribution in [0.1, 0.15) is 19.8 Å². The van der Waals surface area contributed by atoms with Crippen LogP contribution in [0.25, 0.3) is 0 Å². The van der Waals surface area contributed by atoms with Crippen LogP contribution in [-0.2, 0) is 4.43 Å². The largest absolute Gasteiger partial charge is 0.432 e. The van der Waals surface area contributed by atoms with E-state index in [9.17, 15) is 9.59 Å². The van der Waals surface area contributed by atoms with E-state index in [1.54, 1.807) is 0 Å². The van der Waals surface area contributed by atoms with E-state index in [4.69, 9.17) is 4.43 Å². The second kappa shape index (κ2) is 9.42. The highest BCUT2D eigenvalue weighted by Crippen LogP contribution is 2.60. The van der Waals surface area contributed by atoms with Gasteiger partial charge in [-0.05, 0) is 43.8 Å². The first-order chi connectivity index (χ1) is 8.59. The van der Waals surface area contributed by atoms with Crippen LogP contribution in [0.5, 0.6) is 0 Å². The molecule has 0 aromatic carbocycles. The van der Waals surface area contributed by atoms with Gasteiger partial charge in [0.1, 0.15) is 0 Å². The molecule has 0 spiro atoms. The molecule has 0 saturated heterocycles. The summed E-state index contributed by atoms with van der Waals surface area (Å²) in [7, 11) is -2.60. The third-order valence-corrected chi connectivity index (χ3v) is 27.2. The van der Waals surface area contributed by atoms with Gasteiger partial charge in [-0.15, -0.1) is 0 Å². The van der Waals surface area contributed by atoms with Gasteiger partial charge in [0.25, 0.3) is 0 Å². The minimum absolute atomic E-state index is 0.157. The van der Waals surface area contributed by atoms with Crippen molar-refractivity contribution in [3.05, 3.63) is 0 Å². The molecule has 3 nitrogen and oxygen atoms in total. The van der Waals surface area contributed by atoms with Gasteiger partial charge in [-0.2, -0.15) is 0 Å². The second-order valence-corrected chi connectivity index (χ2v) is 27.4. The monoisotopic (exact) mass is 358 g/mol. The van der Waals surface area contributed by atoms with E-state index in [0.717, 1.165) is 19.8 Å². The van der Waals surface area contributed by atoms with Crippen molar-refractivity contribution in [1.82, 2.24) is 0 Å². The highest BCUT2D eigenvalue weighted by molar-refractivity contribution is 8.36. The summed E-state index contributed by atoms with van der Waals surface area (Å²) in [5.41, 5.74) is 0. The van der Waals surface area contributed by atoms with Gasteiger partial charge in [-0.3, -0.25) is 0 Å². The fourth-order valence-electron chi connectivity index (χ4n) is 1.75. The summed E-state index contributed by atoms with van der Waals surface area (Å²) in [6.07, 6.45) is 2.47. The topological polar surface area (TPSA) is 49.7 Å². The fraction of sp³-hybridized carbons (Fsp3) is 1.00. The Morgan fingerprint density at radius 3 is 2.11 bits per heavy atom. The Labute approximate surface area is 125 Å². The maximum absolute atomic E-state index is 10.3. The Balaban J connectivity index is 4.62. The molecule has 0 rings (SSSR count). The predicted octanol–water partition coefficient (Wildman–Crippen LogP) is 3.20. The number of hydrogen-bond acceptors (Lipinski definition) is 3. The molecular formula is C11H32O3P2Si3. The lowest BCUT2D eigenvalue weighted by Gasteiger charge is -2.30. The lowest BCUT2D eigenvalue weighted by Crippen LogP contribution is -2.33. The van der Waals surface area contributed by atoms with E-state index >= 15 is 0 Å². The van der Waals surface area contributed by atoms with Crippen LogP contribution in [0, 0.1) is 0 Å². The van der Waals surface area contributed by atoms with Crippen LogP contribution in [0.2, 0.25) is 32.2 Å². The predicted molar refractivity (Wildman–Crippen MR) is 98.2 cm³/mol. The van der Waals surface area contributed by atoms with Crippen molar-refractivity contribution in [3.63, 3.8) is 0 Å². The first-order valence-electron chi connectivity index (χ1n) is 7.07. The molecule has 8 heteroatoms. The van der Waals surface area contributed by atoms with Crippen molar-refractivity contribution < 1.29 is 14.0 Å². The van der Waals surface area contributed by atoms with Gasteiger partial charge in [-0.25, -0.2) is 0 Å². The average molecular weight is 359 g/mol.